The normalized spacial score (nSPS) is 11.4. The van der Waals surface area contributed by atoms with Gasteiger partial charge in [0.15, 0.2) is 0 Å². The molecule has 2 nitrogen and oxygen atoms in total. The second-order valence-corrected chi connectivity index (χ2v) is 14.9. The van der Waals surface area contributed by atoms with Crippen molar-refractivity contribution < 1.29 is 0 Å². The minimum Gasteiger partial charge on any atom is -0.310 e. The minimum atomic E-state index is 1.10. The molecule has 272 valence electrons. The first-order valence-corrected chi connectivity index (χ1v) is 19.9. The fourth-order valence-electron chi connectivity index (χ4n) is 8.84. The first-order valence-electron chi connectivity index (χ1n) is 19.9. The molecule has 58 heavy (non-hydrogen) atoms. The summed E-state index contributed by atoms with van der Waals surface area (Å²) in [5.74, 6) is 0. The predicted octanol–water partition coefficient (Wildman–Crippen LogP) is 15.6. The Morgan fingerprint density at radius 3 is 1.50 bits per heavy atom. The van der Waals surface area contributed by atoms with Crippen LogP contribution in [0.2, 0.25) is 0 Å². The summed E-state index contributed by atoms with van der Waals surface area (Å²) in [6.07, 6.45) is 0. The summed E-state index contributed by atoms with van der Waals surface area (Å²) < 4.78 is 2.42. The molecule has 0 aliphatic rings. The quantitative estimate of drug-likeness (QED) is 0.158. The van der Waals surface area contributed by atoms with Gasteiger partial charge in [0, 0.05) is 33.1 Å². The Kier molecular flexibility index (Phi) is 8.19. The topological polar surface area (TPSA) is 8.17 Å². The van der Waals surface area contributed by atoms with Gasteiger partial charge < -0.3 is 9.47 Å². The zero-order valence-corrected chi connectivity index (χ0v) is 31.8. The predicted molar refractivity (Wildman–Crippen MR) is 247 cm³/mol. The van der Waals surface area contributed by atoms with E-state index in [1.165, 1.54) is 82.4 Å². The van der Waals surface area contributed by atoms with Crippen molar-refractivity contribution in [1.82, 2.24) is 4.57 Å². The van der Waals surface area contributed by atoms with Crippen LogP contribution in [0.3, 0.4) is 0 Å². The second-order valence-electron chi connectivity index (χ2n) is 14.9. The van der Waals surface area contributed by atoms with Gasteiger partial charge >= 0.3 is 0 Å². The van der Waals surface area contributed by atoms with E-state index in [9.17, 15) is 0 Å². The van der Waals surface area contributed by atoms with Gasteiger partial charge in [-0.2, -0.15) is 0 Å². The van der Waals surface area contributed by atoms with Crippen LogP contribution >= 0.6 is 0 Å². The van der Waals surface area contributed by atoms with E-state index in [1.807, 2.05) is 0 Å². The Labute approximate surface area is 338 Å². The van der Waals surface area contributed by atoms with Gasteiger partial charge in [-0.3, -0.25) is 0 Å². The van der Waals surface area contributed by atoms with E-state index in [1.54, 1.807) is 0 Å². The maximum atomic E-state index is 2.42. The van der Waals surface area contributed by atoms with Crippen molar-refractivity contribution in [3.63, 3.8) is 0 Å². The van der Waals surface area contributed by atoms with Crippen LogP contribution in [-0.2, 0) is 0 Å². The second kappa shape index (κ2) is 14.1. The zero-order chi connectivity index (χ0) is 38.4. The number of nitrogens with zero attached hydrogens (tertiary/aromatic N) is 2. The molecule has 0 saturated carbocycles. The third kappa shape index (κ3) is 5.74. The fraction of sp³-hybridized carbons (Fsp3) is 0. The minimum absolute atomic E-state index is 1.10. The number of para-hydroxylation sites is 3. The molecule has 10 aromatic carbocycles. The summed E-state index contributed by atoms with van der Waals surface area (Å²) in [6, 6.07) is 83.7. The van der Waals surface area contributed by atoms with Gasteiger partial charge in [0.25, 0.3) is 0 Å². The Balaban J connectivity index is 1.01. The van der Waals surface area contributed by atoms with Gasteiger partial charge in [-0.1, -0.05) is 176 Å². The first-order chi connectivity index (χ1) is 28.8. The standard InChI is InChI=1S/C56H38N2/c1-2-16-43-38-44(29-28-39(43)14-1)40-30-34-45(35-31-40)57(53-27-13-17-41-15-3-4-19-48(41)53)46-36-32-42(33-37-46)47-18-5-6-20-49(47)50-21-7-10-24-54(50)58-55-25-11-8-22-51(55)52-23-9-12-26-56(52)58/h1-38H. The number of aromatic nitrogens is 1. The van der Waals surface area contributed by atoms with Crippen molar-refractivity contribution in [3.8, 4) is 39.1 Å². The summed E-state index contributed by atoms with van der Waals surface area (Å²) >= 11 is 0. The lowest BCUT2D eigenvalue weighted by Gasteiger charge is -2.27. The Morgan fingerprint density at radius 1 is 0.293 bits per heavy atom. The molecule has 0 amide bonds. The number of hydrogen-bond acceptors (Lipinski definition) is 1. The van der Waals surface area contributed by atoms with Crippen LogP contribution < -0.4 is 4.90 Å². The summed E-state index contributed by atoms with van der Waals surface area (Å²) in [5, 5.41) is 7.44. The first kappa shape index (κ1) is 33.6. The van der Waals surface area contributed by atoms with E-state index in [-0.39, 0.29) is 0 Å². The number of fused-ring (bicyclic) bond motifs is 5. The fourth-order valence-corrected chi connectivity index (χ4v) is 8.84. The molecule has 11 rings (SSSR count). The third-order valence-electron chi connectivity index (χ3n) is 11.6. The van der Waals surface area contributed by atoms with E-state index in [0.29, 0.717) is 0 Å². The van der Waals surface area contributed by atoms with E-state index >= 15 is 0 Å². The van der Waals surface area contributed by atoms with Crippen molar-refractivity contribution in [2.45, 2.75) is 0 Å². The number of hydrogen-bond donors (Lipinski definition) is 0. The van der Waals surface area contributed by atoms with Crippen molar-refractivity contribution in [2.75, 3.05) is 4.90 Å². The SMILES string of the molecule is c1ccc(-c2ccccc2-n2c3ccccc3c3ccccc32)c(-c2ccc(N(c3ccc(-c4ccc5ccccc5c4)cc3)c3cccc4ccccc34)cc2)c1. The maximum Gasteiger partial charge on any atom is 0.0541 e. The molecule has 0 aliphatic heterocycles. The number of anilines is 3. The van der Waals surface area contributed by atoms with Gasteiger partial charge in [0.1, 0.15) is 0 Å². The van der Waals surface area contributed by atoms with Crippen molar-refractivity contribution in [2.24, 2.45) is 0 Å². The monoisotopic (exact) mass is 738 g/mol. The molecular weight excluding hydrogens is 701 g/mol. The molecule has 0 unspecified atom stereocenters. The lowest BCUT2D eigenvalue weighted by atomic mass is 9.93. The summed E-state index contributed by atoms with van der Waals surface area (Å²) in [7, 11) is 0. The van der Waals surface area contributed by atoms with Crippen molar-refractivity contribution in [1.29, 1.82) is 0 Å². The molecule has 0 bridgehead atoms. The van der Waals surface area contributed by atoms with E-state index < -0.39 is 0 Å². The largest absolute Gasteiger partial charge is 0.310 e. The van der Waals surface area contributed by atoms with Gasteiger partial charge in [-0.25, -0.2) is 0 Å². The van der Waals surface area contributed by atoms with E-state index in [4.69, 9.17) is 0 Å². The summed E-state index contributed by atoms with van der Waals surface area (Å²) in [6.45, 7) is 0. The van der Waals surface area contributed by atoms with Crippen molar-refractivity contribution >= 4 is 60.4 Å². The van der Waals surface area contributed by atoms with Gasteiger partial charge in [-0.15, -0.1) is 0 Å². The van der Waals surface area contributed by atoms with Crippen LogP contribution in [0.1, 0.15) is 0 Å². The molecule has 0 atom stereocenters. The molecule has 0 radical (unpaired) electrons. The highest BCUT2D eigenvalue weighted by Gasteiger charge is 2.19. The summed E-state index contributed by atoms with van der Waals surface area (Å²) in [5.41, 5.74) is 14.1. The van der Waals surface area contributed by atoms with Gasteiger partial charge in [0.2, 0.25) is 0 Å². The van der Waals surface area contributed by atoms with Crippen LogP contribution in [0, 0.1) is 0 Å². The molecule has 0 fully saturated rings. The Bertz CT molecular complexity index is 3220. The molecule has 1 heterocycles. The molecule has 1 aromatic heterocycles. The zero-order valence-electron chi connectivity index (χ0n) is 31.8. The molecule has 0 spiro atoms. The molecule has 11 aromatic rings. The molecular formula is C56H38N2. The summed E-state index contributed by atoms with van der Waals surface area (Å²) in [4.78, 5) is 2.39. The van der Waals surface area contributed by atoms with Crippen LogP contribution in [0.4, 0.5) is 17.1 Å². The average Bonchev–Trinajstić information content (AvgIpc) is 3.64. The van der Waals surface area contributed by atoms with Gasteiger partial charge in [0.05, 0.1) is 22.4 Å². The van der Waals surface area contributed by atoms with Crippen LogP contribution in [-0.4, -0.2) is 4.57 Å². The highest BCUT2D eigenvalue weighted by atomic mass is 15.1. The van der Waals surface area contributed by atoms with Gasteiger partial charge in [-0.05, 0) is 98.6 Å². The molecule has 0 N–H and O–H groups in total. The molecule has 2 heteroatoms. The number of benzene rings is 10. The average molecular weight is 739 g/mol. The highest BCUT2D eigenvalue weighted by Crippen LogP contribution is 2.43. The third-order valence-corrected chi connectivity index (χ3v) is 11.6. The van der Waals surface area contributed by atoms with Crippen LogP contribution in [0.25, 0.3) is 82.4 Å². The molecule has 0 saturated heterocycles. The lowest BCUT2D eigenvalue weighted by molar-refractivity contribution is 1.18. The van der Waals surface area contributed by atoms with Crippen LogP contribution in [0.15, 0.2) is 231 Å². The van der Waals surface area contributed by atoms with E-state index in [0.717, 1.165) is 17.1 Å². The van der Waals surface area contributed by atoms with Crippen molar-refractivity contribution in [3.05, 3.63) is 231 Å². The highest BCUT2D eigenvalue weighted by molar-refractivity contribution is 6.10. The Morgan fingerprint density at radius 2 is 0.793 bits per heavy atom. The smallest absolute Gasteiger partial charge is 0.0541 e. The molecule has 0 aliphatic carbocycles. The van der Waals surface area contributed by atoms with E-state index in [2.05, 4.69) is 240 Å². The number of rotatable bonds is 7. The maximum absolute atomic E-state index is 2.42. The van der Waals surface area contributed by atoms with Crippen LogP contribution in [0.5, 0.6) is 0 Å². The lowest BCUT2D eigenvalue weighted by Crippen LogP contribution is -2.10. The Hall–Kier alpha value is -7.68.